The zero-order chi connectivity index (χ0) is 18.4. The van der Waals surface area contributed by atoms with E-state index in [0.717, 1.165) is 30.9 Å². The van der Waals surface area contributed by atoms with E-state index in [2.05, 4.69) is 25.7 Å². The minimum Gasteiger partial charge on any atom is -0.353 e. The molecule has 0 radical (unpaired) electrons. The number of aryl methyl sites for hydroxylation is 1. The maximum Gasteiger partial charge on any atom is 0.315 e. The van der Waals surface area contributed by atoms with Gasteiger partial charge in [0.15, 0.2) is 5.82 Å². The van der Waals surface area contributed by atoms with Crippen LogP contribution in [0.5, 0.6) is 0 Å². The van der Waals surface area contributed by atoms with Crippen molar-refractivity contribution in [2.75, 3.05) is 31.6 Å². The second kappa shape index (κ2) is 8.64. The molecule has 2 heterocycles. The number of amides is 3. The van der Waals surface area contributed by atoms with Crippen molar-refractivity contribution in [3.63, 3.8) is 0 Å². The van der Waals surface area contributed by atoms with Gasteiger partial charge in [-0.15, -0.1) is 5.10 Å². The van der Waals surface area contributed by atoms with Crippen LogP contribution in [0.3, 0.4) is 0 Å². The Kier molecular flexibility index (Phi) is 6.55. The first-order valence-corrected chi connectivity index (χ1v) is 8.78. The lowest BCUT2D eigenvalue weighted by Gasteiger charge is -2.34. The lowest BCUT2D eigenvalue weighted by molar-refractivity contribution is -0.131. The van der Waals surface area contributed by atoms with Crippen LogP contribution in [0.25, 0.3) is 0 Å². The van der Waals surface area contributed by atoms with Crippen LogP contribution in [-0.2, 0) is 4.79 Å². The highest BCUT2D eigenvalue weighted by Crippen LogP contribution is 2.17. The molecule has 138 valence electrons. The van der Waals surface area contributed by atoms with Crippen LogP contribution < -0.4 is 15.5 Å². The minimum atomic E-state index is -0.549. The van der Waals surface area contributed by atoms with Crippen LogP contribution in [0.1, 0.15) is 32.4 Å². The minimum absolute atomic E-state index is 0.0167. The van der Waals surface area contributed by atoms with Crippen LogP contribution >= 0.6 is 0 Å². The van der Waals surface area contributed by atoms with Gasteiger partial charge >= 0.3 is 6.03 Å². The monoisotopic (exact) mass is 348 g/mol. The summed E-state index contributed by atoms with van der Waals surface area (Å²) in [4.78, 5) is 27.9. The lowest BCUT2D eigenvalue weighted by Crippen LogP contribution is -2.54. The lowest BCUT2D eigenvalue weighted by atomic mass is 10.1. The topological polar surface area (TPSA) is 90.5 Å². The average Bonchev–Trinajstić information content (AvgIpc) is 2.61. The van der Waals surface area contributed by atoms with Crippen LogP contribution in [0.2, 0.25) is 0 Å². The van der Waals surface area contributed by atoms with Gasteiger partial charge in [-0.3, -0.25) is 4.79 Å². The van der Waals surface area contributed by atoms with E-state index < -0.39 is 6.04 Å². The third-order valence-electron chi connectivity index (χ3n) is 4.43. The Morgan fingerprint density at radius 2 is 2.16 bits per heavy atom. The molecule has 2 rings (SSSR count). The molecule has 1 aliphatic heterocycles. The van der Waals surface area contributed by atoms with E-state index in [1.807, 2.05) is 26.0 Å². The number of hydrogen-bond acceptors (Lipinski definition) is 5. The molecule has 8 heteroatoms. The summed E-state index contributed by atoms with van der Waals surface area (Å²) in [6, 6.07) is 3.04. The number of carbonyl (C=O) groups is 2. The molecule has 0 saturated carbocycles. The van der Waals surface area contributed by atoms with Crippen LogP contribution in [0, 0.1) is 6.92 Å². The molecule has 1 aliphatic rings. The molecule has 1 saturated heterocycles. The Morgan fingerprint density at radius 1 is 1.40 bits per heavy atom. The Bertz CT molecular complexity index is 591. The molecule has 1 fully saturated rings. The number of nitrogens with zero attached hydrogens (tertiary/aromatic N) is 4. The number of hydrogen-bond donors (Lipinski definition) is 2. The van der Waals surface area contributed by atoms with Crippen molar-refractivity contribution in [3.8, 4) is 0 Å². The number of urea groups is 1. The fourth-order valence-corrected chi connectivity index (χ4v) is 2.84. The normalized spacial score (nSPS) is 18.4. The molecule has 1 aromatic heterocycles. The average molecular weight is 348 g/mol. The summed E-state index contributed by atoms with van der Waals surface area (Å²) in [5, 5.41) is 14.0. The first-order valence-electron chi connectivity index (χ1n) is 8.78. The number of nitrogens with one attached hydrogen (secondary N) is 2. The zero-order valence-electron chi connectivity index (χ0n) is 15.5. The second-order valence-electron chi connectivity index (χ2n) is 6.51. The fourth-order valence-electron chi connectivity index (χ4n) is 2.84. The van der Waals surface area contributed by atoms with E-state index in [9.17, 15) is 9.59 Å². The van der Waals surface area contributed by atoms with Crippen molar-refractivity contribution in [2.24, 2.45) is 0 Å². The van der Waals surface area contributed by atoms with E-state index in [-0.39, 0.29) is 18.0 Å². The Morgan fingerprint density at radius 3 is 2.80 bits per heavy atom. The van der Waals surface area contributed by atoms with E-state index in [0.29, 0.717) is 13.1 Å². The molecule has 0 spiro atoms. The van der Waals surface area contributed by atoms with E-state index in [4.69, 9.17) is 0 Å². The molecule has 0 aliphatic carbocycles. The van der Waals surface area contributed by atoms with Gasteiger partial charge in [0.2, 0.25) is 5.91 Å². The highest BCUT2D eigenvalue weighted by Gasteiger charge is 2.24. The number of piperidine rings is 1. The molecule has 2 N–H and O–H groups in total. The maximum atomic E-state index is 12.2. The molecule has 1 aromatic rings. The Hall–Kier alpha value is -2.38. The van der Waals surface area contributed by atoms with Crippen molar-refractivity contribution in [1.82, 2.24) is 25.7 Å². The van der Waals surface area contributed by atoms with Crippen molar-refractivity contribution >= 4 is 17.8 Å². The van der Waals surface area contributed by atoms with Crippen molar-refractivity contribution in [2.45, 2.75) is 45.7 Å². The van der Waals surface area contributed by atoms with E-state index in [1.165, 1.54) is 0 Å². The summed E-state index contributed by atoms with van der Waals surface area (Å²) in [7, 11) is 1.72. The summed E-state index contributed by atoms with van der Waals surface area (Å²) < 4.78 is 0. The van der Waals surface area contributed by atoms with Gasteiger partial charge < -0.3 is 20.4 Å². The summed E-state index contributed by atoms with van der Waals surface area (Å²) in [5.41, 5.74) is 0.880. The van der Waals surface area contributed by atoms with E-state index >= 15 is 0 Å². The molecule has 2 atom stereocenters. The van der Waals surface area contributed by atoms with Crippen molar-refractivity contribution in [1.29, 1.82) is 0 Å². The first-order chi connectivity index (χ1) is 11.9. The van der Waals surface area contributed by atoms with Crippen molar-refractivity contribution in [3.05, 3.63) is 17.8 Å². The number of anilines is 1. The third kappa shape index (κ3) is 5.30. The summed E-state index contributed by atoms with van der Waals surface area (Å²) in [6.07, 6.45) is 1.87. The molecule has 2 unspecified atom stereocenters. The molecular formula is C17H28N6O2. The molecular weight excluding hydrogens is 320 g/mol. The summed E-state index contributed by atoms with van der Waals surface area (Å²) in [5.74, 6) is 0.725. The third-order valence-corrected chi connectivity index (χ3v) is 4.43. The Balaban J connectivity index is 1.86. The highest BCUT2D eigenvalue weighted by atomic mass is 16.2. The van der Waals surface area contributed by atoms with Gasteiger partial charge in [0.1, 0.15) is 6.04 Å². The molecule has 0 aromatic carbocycles. The maximum absolute atomic E-state index is 12.2. The van der Waals surface area contributed by atoms with Crippen LogP contribution in [0.15, 0.2) is 12.1 Å². The summed E-state index contributed by atoms with van der Waals surface area (Å²) >= 11 is 0. The largest absolute Gasteiger partial charge is 0.353 e. The quantitative estimate of drug-likeness (QED) is 0.826. The molecule has 0 bridgehead atoms. The van der Waals surface area contributed by atoms with Gasteiger partial charge in [-0.2, -0.15) is 5.10 Å². The molecule has 3 amide bonds. The fraction of sp³-hybridized carbons (Fsp3) is 0.647. The first kappa shape index (κ1) is 19.0. The van der Waals surface area contributed by atoms with Crippen molar-refractivity contribution < 1.29 is 9.59 Å². The summed E-state index contributed by atoms with van der Waals surface area (Å²) in [6.45, 7) is 7.69. The molecule has 8 nitrogen and oxygen atoms in total. The zero-order valence-corrected chi connectivity index (χ0v) is 15.5. The van der Waals surface area contributed by atoms with Gasteiger partial charge in [0.05, 0.1) is 5.69 Å². The smallest absolute Gasteiger partial charge is 0.315 e. The highest BCUT2D eigenvalue weighted by molar-refractivity contribution is 5.86. The van der Waals surface area contributed by atoms with Crippen LogP contribution in [0.4, 0.5) is 10.6 Å². The number of carbonyl (C=O) groups excluding carboxylic acids is 2. The van der Waals surface area contributed by atoms with Gasteiger partial charge in [0.25, 0.3) is 0 Å². The standard InChI is InChI=1S/C17H28N6O2/c1-5-22(4)16(24)13(3)18-17(25)19-14-7-6-10-23(11-14)15-9-8-12(2)20-21-15/h8-9,13-14H,5-7,10-11H2,1-4H3,(H2,18,19,25). The SMILES string of the molecule is CCN(C)C(=O)C(C)NC(=O)NC1CCCN(c2ccc(C)nn2)C1. The van der Waals surface area contributed by atoms with Gasteiger partial charge in [-0.1, -0.05) is 0 Å². The van der Waals surface area contributed by atoms with Gasteiger partial charge in [-0.05, 0) is 45.7 Å². The molecule has 25 heavy (non-hydrogen) atoms. The number of likely N-dealkylation sites (N-methyl/N-ethyl adjacent to an activating group) is 1. The second-order valence-corrected chi connectivity index (χ2v) is 6.51. The van der Waals surface area contributed by atoms with E-state index in [1.54, 1.807) is 18.9 Å². The Labute approximate surface area is 149 Å². The number of aromatic nitrogens is 2. The van der Waals surface area contributed by atoms with Gasteiger partial charge in [-0.25, -0.2) is 4.79 Å². The number of rotatable bonds is 5. The van der Waals surface area contributed by atoms with Crippen LogP contribution in [-0.4, -0.2) is 65.8 Å². The van der Waals surface area contributed by atoms with Gasteiger partial charge in [0, 0.05) is 32.7 Å². The predicted octanol–water partition coefficient (Wildman–Crippen LogP) is 0.920. The predicted molar refractivity (Wildman–Crippen MR) is 96.4 cm³/mol.